The Balaban J connectivity index is 1.11. The highest BCUT2D eigenvalue weighted by Gasteiger charge is 2.42. The summed E-state index contributed by atoms with van der Waals surface area (Å²) in [5.74, 6) is 2.50. The topological polar surface area (TPSA) is 88.7 Å². The number of halogens is 1. The molecule has 0 radical (unpaired) electrons. The van der Waals surface area contributed by atoms with Gasteiger partial charge in [0.1, 0.15) is 12.4 Å². The van der Waals surface area contributed by atoms with Crippen molar-refractivity contribution in [3.05, 3.63) is 29.8 Å². The van der Waals surface area contributed by atoms with Gasteiger partial charge in [-0.25, -0.2) is 4.79 Å². The minimum Gasteiger partial charge on any atom is -0.491 e. The maximum atomic E-state index is 11.9. The molecule has 2 heterocycles. The van der Waals surface area contributed by atoms with E-state index in [1.54, 1.807) is 0 Å². The molecule has 0 aliphatic carbocycles. The third kappa shape index (κ3) is 8.37. The molecular formula is C23H34ClN3O4S. The van der Waals surface area contributed by atoms with Crippen LogP contribution in [0.3, 0.4) is 0 Å². The van der Waals surface area contributed by atoms with E-state index in [1.807, 2.05) is 36.0 Å². The first-order valence-electron chi connectivity index (χ1n) is 11.5. The summed E-state index contributed by atoms with van der Waals surface area (Å²) in [4.78, 5) is 23.3. The van der Waals surface area contributed by atoms with Gasteiger partial charge in [0.2, 0.25) is 5.91 Å². The van der Waals surface area contributed by atoms with Crippen LogP contribution in [0.4, 0.5) is 4.79 Å². The number of hydrogen-bond donors (Lipinski definition) is 3. The number of fused-ring (bicyclic) bond motifs is 1. The molecule has 1 aromatic carbocycles. The van der Waals surface area contributed by atoms with E-state index in [1.165, 1.54) is 5.56 Å². The number of amides is 3. The Morgan fingerprint density at radius 3 is 2.78 bits per heavy atom. The van der Waals surface area contributed by atoms with E-state index < -0.39 is 0 Å². The maximum absolute atomic E-state index is 11.9. The van der Waals surface area contributed by atoms with E-state index in [4.69, 9.17) is 21.1 Å². The molecule has 0 bridgehead atoms. The summed E-state index contributed by atoms with van der Waals surface area (Å²) in [5.41, 5.74) is 1.20. The van der Waals surface area contributed by atoms with Crippen LogP contribution in [-0.2, 0) is 16.0 Å². The number of hydrogen-bond acceptors (Lipinski definition) is 5. The molecule has 178 valence electrons. The van der Waals surface area contributed by atoms with Crippen LogP contribution in [-0.4, -0.2) is 67.3 Å². The summed E-state index contributed by atoms with van der Waals surface area (Å²) in [6.45, 7) is 1.95. The van der Waals surface area contributed by atoms with Crippen molar-refractivity contribution in [1.29, 1.82) is 0 Å². The fraction of sp³-hybridized carbons (Fsp3) is 0.652. The molecule has 2 saturated heterocycles. The fourth-order valence-corrected chi connectivity index (χ4v) is 5.75. The van der Waals surface area contributed by atoms with Gasteiger partial charge >= 0.3 is 6.03 Å². The highest BCUT2D eigenvalue weighted by molar-refractivity contribution is 8.00. The molecule has 2 fully saturated rings. The lowest BCUT2D eigenvalue weighted by Gasteiger charge is -2.16. The molecule has 2 aliphatic heterocycles. The minimum atomic E-state index is -0.0355. The summed E-state index contributed by atoms with van der Waals surface area (Å²) >= 11 is 7.67. The number of thioether (sulfide) groups is 1. The molecule has 1 aromatic rings. The van der Waals surface area contributed by atoms with Crippen LogP contribution in [0.25, 0.3) is 0 Å². The van der Waals surface area contributed by atoms with Gasteiger partial charge in [0, 0.05) is 29.8 Å². The van der Waals surface area contributed by atoms with Crippen molar-refractivity contribution in [3.63, 3.8) is 0 Å². The van der Waals surface area contributed by atoms with Gasteiger partial charge in [-0.05, 0) is 37.0 Å². The van der Waals surface area contributed by atoms with Gasteiger partial charge in [-0.2, -0.15) is 11.8 Å². The van der Waals surface area contributed by atoms with Crippen LogP contribution < -0.4 is 20.7 Å². The highest BCUT2D eigenvalue weighted by atomic mass is 35.5. The number of urea groups is 1. The van der Waals surface area contributed by atoms with Gasteiger partial charge < -0.3 is 25.4 Å². The average Bonchev–Trinajstić information content (AvgIpc) is 3.33. The summed E-state index contributed by atoms with van der Waals surface area (Å²) in [6, 6.07) is 8.43. The van der Waals surface area contributed by atoms with Gasteiger partial charge in [-0.15, -0.1) is 11.6 Å². The summed E-state index contributed by atoms with van der Waals surface area (Å²) < 4.78 is 11.2. The van der Waals surface area contributed by atoms with Crippen LogP contribution >= 0.6 is 23.4 Å². The highest BCUT2D eigenvalue weighted by Crippen LogP contribution is 2.33. The minimum absolute atomic E-state index is 0.0355. The van der Waals surface area contributed by atoms with E-state index in [-0.39, 0.29) is 24.0 Å². The molecule has 0 saturated carbocycles. The SMILES string of the molecule is O=C(CCCCCC1SCC2NC(=O)NC21)NCCOCCOc1ccc(CCCl)cc1. The standard InChI is InChI=1S/C23H34ClN3O4S/c24-11-10-17-6-8-18(9-7-17)31-15-14-30-13-12-25-21(28)5-3-1-2-4-20-22-19(16-32-20)26-23(29)27-22/h6-9,19-20,22H,1-5,10-16H2,(H,25,28)(H2,26,27,29). The van der Waals surface area contributed by atoms with Crippen molar-refractivity contribution in [2.24, 2.45) is 0 Å². The van der Waals surface area contributed by atoms with E-state index >= 15 is 0 Å². The Bertz CT molecular complexity index is 722. The number of carbonyl (C=O) groups excluding carboxylic acids is 2. The molecule has 32 heavy (non-hydrogen) atoms. The third-order valence-electron chi connectivity index (χ3n) is 5.70. The summed E-state index contributed by atoms with van der Waals surface area (Å²) in [5, 5.41) is 9.38. The summed E-state index contributed by atoms with van der Waals surface area (Å²) in [7, 11) is 0. The smallest absolute Gasteiger partial charge is 0.315 e. The molecule has 3 N–H and O–H groups in total. The molecule has 2 aliphatic rings. The number of ether oxygens (including phenoxy) is 2. The van der Waals surface area contributed by atoms with Crippen LogP contribution in [0.2, 0.25) is 0 Å². The van der Waals surface area contributed by atoms with Gasteiger partial charge in [-0.3, -0.25) is 4.79 Å². The third-order valence-corrected chi connectivity index (χ3v) is 7.40. The molecule has 0 spiro atoms. The molecule has 7 nitrogen and oxygen atoms in total. The van der Waals surface area contributed by atoms with Crippen molar-refractivity contribution in [1.82, 2.24) is 16.0 Å². The van der Waals surface area contributed by atoms with E-state index in [0.717, 1.165) is 43.6 Å². The van der Waals surface area contributed by atoms with Gasteiger partial charge in [0.05, 0.1) is 25.3 Å². The van der Waals surface area contributed by atoms with Crippen molar-refractivity contribution in [2.45, 2.75) is 55.9 Å². The van der Waals surface area contributed by atoms with Gasteiger partial charge in [0.15, 0.2) is 0 Å². The lowest BCUT2D eigenvalue weighted by Crippen LogP contribution is -2.36. The average molecular weight is 484 g/mol. The Labute approximate surface area is 199 Å². The second-order valence-electron chi connectivity index (χ2n) is 8.11. The van der Waals surface area contributed by atoms with Crippen LogP contribution in [0, 0.1) is 0 Å². The molecule has 0 aromatic heterocycles. The van der Waals surface area contributed by atoms with Crippen LogP contribution in [0.15, 0.2) is 24.3 Å². The Hall–Kier alpha value is -1.64. The first-order valence-corrected chi connectivity index (χ1v) is 13.0. The lowest BCUT2D eigenvalue weighted by atomic mass is 10.0. The molecule has 3 atom stereocenters. The monoisotopic (exact) mass is 483 g/mol. The molecule has 3 unspecified atom stereocenters. The second kappa shape index (κ2) is 13.8. The molecule has 3 rings (SSSR count). The number of alkyl halides is 1. The molecule has 9 heteroatoms. The first-order chi connectivity index (χ1) is 15.7. The zero-order chi connectivity index (χ0) is 22.6. The fourth-order valence-electron chi connectivity index (χ4n) is 3.98. The van der Waals surface area contributed by atoms with Crippen molar-refractivity contribution in [2.75, 3.05) is 38.0 Å². The van der Waals surface area contributed by atoms with Crippen LogP contribution in [0.1, 0.15) is 37.7 Å². The molecule has 3 amide bonds. The summed E-state index contributed by atoms with van der Waals surface area (Å²) in [6.07, 6.45) is 5.50. The number of unbranched alkanes of at least 4 members (excludes halogenated alkanes) is 2. The lowest BCUT2D eigenvalue weighted by molar-refractivity contribution is -0.121. The predicted molar refractivity (Wildman–Crippen MR) is 129 cm³/mol. The maximum Gasteiger partial charge on any atom is 0.315 e. The van der Waals surface area contributed by atoms with E-state index in [0.29, 0.717) is 43.9 Å². The quantitative estimate of drug-likeness (QED) is 0.203. The largest absolute Gasteiger partial charge is 0.491 e. The number of aryl methyl sites for hydroxylation is 1. The Morgan fingerprint density at radius 1 is 1.12 bits per heavy atom. The van der Waals surface area contributed by atoms with Gasteiger partial charge in [-0.1, -0.05) is 25.0 Å². The van der Waals surface area contributed by atoms with Crippen molar-refractivity contribution < 1.29 is 19.1 Å². The van der Waals surface area contributed by atoms with Crippen molar-refractivity contribution in [3.8, 4) is 5.75 Å². The van der Waals surface area contributed by atoms with Crippen molar-refractivity contribution >= 4 is 35.3 Å². The number of nitrogens with one attached hydrogen (secondary N) is 3. The number of carbonyl (C=O) groups is 2. The predicted octanol–water partition coefficient (Wildman–Crippen LogP) is 3.10. The normalized spacial score (nSPS) is 21.7. The van der Waals surface area contributed by atoms with Gasteiger partial charge in [0.25, 0.3) is 0 Å². The Kier molecular flexibility index (Phi) is 10.8. The first kappa shape index (κ1) is 25.0. The zero-order valence-corrected chi connectivity index (χ0v) is 20.0. The van der Waals surface area contributed by atoms with E-state index in [9.17, 15) is 9.59 Å². The number of rotatable bonds is 15. The van der Waals surface area contributed by atoms with E-state index in [2.05, 4.69) is 16.0 Å². The Morgan fingerprint density at radius 2 is 1.97 bits per heavy atom. The molecular weight excluding hydrogens is 450 g/mol. The second-order valence-corrected chi connectivity index (χ2v) is 9.77. The van der Waals surface area contributed by atoms with Crippen LogP contribution in [0.5, 0.6) is 5.75 Å². The number of benzene rings is 1. The zero-order valence-electron chi connectivity index (χ0n) is 18.4.